The molecule has 6 rings (SSSR count). The molecular formula is C21H22ClN3O4. The van der Waals surface area contributed by atoms with E-state index < -0.39 is 17.4 Å². The normalized spacial score (nSPS) is 38.1. The summed E-state index contributed by atoms with van der Waals surface area (Å²) in [4.78, 5) is 44.0. The molecule has 0 bridgehead atoms. The molecule has 5 aliphatic rings. The monoisotopic (exact) mass is 415 g/mol. The highest BCUT2D eigenvalue weighted by atomic mass is 35.5. The summed E-state index contributed by atoms with van der Waals surface area (Å²) in [5.74, 6) is -1.79. The van der Waals surface area contributed by atoms with E-state index in [1.165, 1.54) is 4.90 Å². The Balaban J connectivity index is 1.48. The Kier molecular flexibility index (Phi) is 3.71. The summed E-state index contributed by atoms with van der Waals surface area (Å²) in [6.07, 6.45) is 3.43. The molecule has 5 heterocycles. The Bertz CT molecular complexity index is 946. The number of halogens is 1. The first-order valence-corrected chi connectivity index (χ1v) is 10.8. The van der Waals surface area contributed by atoms with Crippen LogP contribution in [0.3, 0.4) is 0 Å². The van der Waals surface area contributed by atoms with E-state index in [1.807, 2.05) is 0 Å². The fourth-order valence-electron chi connectivity index (χ4n) is 6.41. The minimum absolute atomic E-state index is 0.0957. The molecule has 152 valence electrons. The Morgan fingerprint density at radius 3 is 2.83 bits per heavy atom. The molecule has 0 aromatic heterocycles. The molecular weight excluding hydrogens is 394 g/mol. The number of rotatable bonds is 2. The van der Waals surface area contributed by atoms with Gasteiger partial charge in [-0.05, 0) is 50.4 Å². The predicted molar refractivity (Wildman–Crippen MR) is 104 cm³/mol. The highest BCUT2D eigenvalue weighted by molar-refractivity contribution is 6.31. The van der Waals surface area contributed by atoms with Gasteiger partial charge in [-0.2, -0.15) is 0 Å². The van der Waals surface area contributed by atoms with Crippen LogP contribution in [0.2, 0.25) is 5.02 Å². The number of fused-ring (bicyclic) bond motifs is 7. The number of hydrogen-bond donors (Lipinski definition) is 1. The molecule has 1 aromatic carbocycles. The van der Waals surface area contributed by atoms with E-state index in [-0.39, 0.29) is 36.4 Å². The second-order valence-corrected chi connectivity index (χ2v) is 9.18. The fourth-order valence-corrected chi connectivity index (χ4v) is 6.58. The van der Waals surface area contributed by atoms with Gasteiger partial charge in [-0.15, -0.1) is 0 Å². The number of ether oxygens (including phenoxy) is 1. The Morgan fingerprint density at radius 2 is 2.03 bits per heavy atom. The Hall–Kier alpha value is -1.96. The van der Waals surface area contributed by atoms with Gasteiger partial charge in [-0.3, -0.25) is 24.2 Å². The van der Waals surface area contributed by atoms with Gasteiger partial charge in [0, 0.05) is 28.9 Å². The van der Waals surface area contributed by atoms with Crippen LogP contribution >= 0.6 is 11.6 Å². The maximum Gasteiger partial charge on any atom is 0.250 e. The third-order valence-electron chi connectivity index (χ3n) is 7.46. The largest absolute Gasteiger partial charge is 0.376 e. The van der Waals surface area contributed by atoms with E-state index >= 15 is 0 Å². The van der Waals surface area contributed by atoms with Crippen molar-refractivity contribution in [3.05, 3.63) is 28.8 Å². The first-order valence-electron chi connectivity index (χ1n) is 10.4. The van der Waals surface area contributed by atoms with Crippen molar-refractivity contribution in [1.82, 2.24) is 9.80 Å². The van der Waals surface area contributed by atoms with Gasteiger partial charge in [0.05, 0.1) is 24.5 Å². The first kappa shape index (κ1) is 17.9. The summed E-state index contributed by atoms with van der Waals surface area (Å²) >= 11 is 6.29. The van der Waals surface area contributed by atoms with Gasteiger partial charge in [-0.1, -0.05) is 11.6 Å². The van der Waals surface area contributed by atoms with Gasteiger partial charge >= 0.3 is 0 Å². The molecule has 5 aliphatic heterocycles. The standard InChI is InChI=1S/C21H22ClN3O4/c22-11-5-6-14-13(9-11)21(20(28)23-14)17-16(15-4-1-7-25(15)21)18(26)24(19(17)27)10-12-3-2-8-29-12/h5-6,9,12,15-17H,1-4,7-8,10H2,(H,23,28). The van der Waals surface area contributed by atoms with E-state index in [0.29, 0.717) is 23.9 Å². The number of nitrogens with zero attached hydrogens (tertiary/aromatic N) is 2. The lowest BCUT2D eigenvalue weighted by Crippen LogP contribution is -2.54. The van der Waals surface area contributed by atoms with Crippen molar-refractivity contribution in [2.75, 3.05) is 25.0 Å². The van der Waals surface area contributed by atoms with Crippen molar-refractivity contribution < 1.29 is 19.1 Å². The van der Waals surface area contributed by atoms with Gasteiger partial charge in [-0.25, -0.2) is 0 Å². The molecule has 29 heavy (non-hydrogen) atoms. The summed E-state index contributed by atoms with van der Waals surface area (Å²) in [5.41, 5.74) is 0.266. The van der Waals surface area contributed by atoms with Crippen LogP contribution in [0.4, 0.5) is 5.69 Å². The van der Waals surface area contributed by atoms with Gasteiger partial charge in [0.25, 0.3) is 0 Å². The predicted octanol–water partition coefficient (Wildman–Crippen LogP) is 1.75. The minimum atomic E-state index is -1.15. The summed E-state index contributed by atoms with van der Waals surface area (Å²) < 4.78 is 5.68. The number of likely N-dealkylation sites (tertiary alicyclic amines) is 1. The lowest BCUT2D eigenvalue weighted by atomic mass is 9.75. The van der Waals surface area contributed by atoms with Gasteiger partial charge in [0.2, 0.25) is 17.7 Å². The third-order valence-corrected chi connectivity index (χ3v) is 7.69. The fraction of sp³-hybridized carbons (Fsp3) is 0.571. The molecule has 5 unspecified atom stereocenters. The highest BCUT2D eigenvalue weighted by Gasteiger charge is 2.74. The first-order chi connectivity index (χ1) is 14.0. The average molecular weight is 416 g/mol. The number of nitrogens with one attached hydrogen (secondary N) is 1. The summed E-state index contributed by atoms with van der Waals surface area (Å²) in [5, 5.41) is 3.48. The molecule has 3 amide bonds. The highest BCUT2D eigenvalue weighted by Crippen LogP contribution is 2.60. The molecule has 0 aliphatic carbocycles. The van der Waals surface area contributed by atoms with Crippen LogP contribution in [0, 0.1) is 11.8 Å². The number of amides is 3. The second-order valence-electron chi connectivity index (χ2n) is 8.74. The average Bonchev–Trinajstić information content (AvgIpc) is 3.47. The van der Waals surface area contributed by atoms with Crippen LogP contribution < -0.4 is 5.32 Å². The molecule has 0 radical (unpaired) electrons. The summed E-state index contributed by atoms with van der Waals surface area (Å²) in [6, 6.07) is 5.21. The van der Waals surface area contributed by atoms with Crippen LogP contribution in [0.25, 0.3) is 0 Å². The molecule has 0 saturated carbocycles. The second kappa shape index (κ2) is 6.03. The third kappa shape index (κ3) is 2.13. The molecule has 1 spiro atoms. The van der Waals surface area contributed by atoms with Crippen LogP contribution in [0.5, 0.6) is 0 Å². The smallest absolute Gasteiger partial charge is 0.250 e. The van der Waals surface area contributed by atoms with Crippen molar-refractivity contribution in [2.24, 2.45) is 11.8 Å². The number of hydrogen-bond acceptors (Lipinski definition) is 5. The van der Waals surface area contributed by atoms with Crippen LogP contribution in [0.15, 0.2) is 18.2 Å². The van der Waals surface area contributed by atoms with Crippen molar-refractivity contribution in [3.63, 3.8) is 0 Å². The van der Waals surface area contributed by atoms with Crippen LogP contribution in [-0.4, -0.2) is 59.4 Å². The molecule has 1 aromatic rings. The summed E-state index contributed by atoms with van der Waals surface area (Å²) in [7, 11) is 0. The topological polar surface area (TPSA) is 79.0 Å². The zero-order chi connectivity index (χ0) is 19.9. The van der Waals surface area contributed by atoms with Gasteiger partial charge in [0.15, 0.2) is 0 Å². The van der Waals surface area contributed by atoms with Gasteiger partial charge < -0.3 is 10.1 Å². The maximum absolute atomic E-state index is 13.6. The van der Waals surface area contributed by atoms with Gasteiger partial charge in [0.1, 0.15) is 5.54 Å². The maximum atomic E-state index is 13.6. The van der Waals surface area contributed by atoms with Crippen molar-refractivity contribution >= 4 is 35.0 Å². The van der Waals surface area contributed by atoms with E-state index in [0.717, 1.165) is 31.2 Å². The van der Waals surface area contributed by atoms with Crippen molar-refractivity contribution in [3.8, 4) is 0 Å². The number of imide groups is 1. The van der Waals surface area contributed by atoms with Crippen LogP contribution in [-0.2, 0) is 24.7 Å². The SMILES string of the molecule is O=C1C2C3CCCN3C3(C(=O)Nc4ccc(Cl)cc43)C2C(=O)N1CC1CCCO1. The van der Waals surface area contributed by atoms with E-state index in [4.69, 9.17) is 16.3 Å². The molecule has 5 atom stereocenters. The number of carbonyl (C=O) groups is 3. The Morgan fingerprint density at radius 1 is 1.17 bits per heavy atom. The molecule has 8 heteroatoms. The van der Waals surface area contributed by atoms with E-state index in [2.05, 4.69) is 10.2 Å². The quantitative estimate of drug-likeness (QED) is 0.744. The van der Waals surface area contributed by atoms with Crippen molar-refractivity contribution in [1.29, 1.82) is 0 Å². The van der Waals surface area contributed by atoms with Crippen LogP contribution in [0.1, 0.15) is 31.2 Å². The lowest BCUT2D eigenvalue weighted by molar-refractivity contribution is -0.147. The van der Waals surface area contributed by atoms with Crippen molar-refractivity contribution in [2.45, 2.75) is 43.4 Å². The number of anilines is 1. The molecule has 7 nitrogen and oxygen atoms in total. The van der Waals surface area contributed by atoms with E-state index in [9.17, 15) is 14.4 Å². The zero-order valence-electron chi connectivity index (χ0n) is 15.9. The zero-order valence-corrected chi connectivity index (χ0v) is 16.7. The summed E-state index contributed by atoms with van der Waals surface area (Å²) in [6.45, 7) is 1.66. The lowest BCUT2D eigenvalue weighted by Gasteiger charge is -2.36. The molecule has 1 N–H and O–H groups in total. The minimum Gasteiger partial charge on any atom is -0.376 e. The number of carbonyl (C=O) groups excluding carboxylic acids is 3. The number of benzene rings is 1. The van der Waals surface area contributed by atoms with E-state index in [1.54, 1.807) is 18.2 Å². The Labute approximate surface area is 173 Å². The molecule has 4 fully saturated rings. The molecule has 4 saturated heterocycles.